The van der Waals surface area contributed by atoms with Crippen molar-refractivity contribution in [2.45, 2.75) is 235 Å². The number of ketones is 6. The van der Waals surface area contributed by atoms with Crippen LogP contribution in [0.3, 0.4) is 0 Å². The van der Waals surface area contributed by atoms with Crippen LogP contribution >= 0.6 is 0 Å². The van der Waals surface area contributed by atoms with Crippen molar-refractivity contribution in [2.75, 3.05) is 118 Å². The molecule has 24 nitrogen and oxygen atoms in total. The van der Waals surface area contributed by atoms with E-state index in [0.717, 1.165) is 93.2 Å². The standard InChI is InChI=1S/C15H34N2OSi2.C13H28N2OSi.C11H14N2O.C11H13NO2.C9H17NO2.C8H15NO2.C7H13NO2.C6H11NO2/c1-9-17(10-2)12-11-16-14(19(3,4)5)13-15(18)20(6,7)8;1-7-15(8-2)10-9-14-12(3)11-13(16)17(4,5)6;1-8(7-9(2)14)13-11-6-4-3-5-10(11)12;1-8(7-9(2)13)12-10-5-3-4-6-11(10)14;1-4-12-6-5-10-8(2)7-9(3)11;1-7(6-8(2)10)9-4-5-11-3;1-6(5-7(2)10)8-3-4-9;1-5(7-9-3)4-6(2)8/h9-13H2,1-8H3;7-11H2,1-6H3;3-6H,7,12H2,1-2H3;3-6,14H,7H2,1-2H3;4-7H2,1-3H3;4-6H2,1-3H3;9H,3-5H2,1-2H3;4H2,1-3H3/b;;;;;;;7-5+. The van der Waals surface area contributed by atoms with Crippen LogP contribution in [-0.4, -0.2) is 248 Å². The molecule has 0 heterocycles. The number of nitrogens with zero attached hydrogens (tertiary/aromatic N) is 10. The number of phenols is 1. The van der Waals surface area contributed by atoms with Gasteiger partial charge in [0.15, 0.2) is 0 Å². The molecule has 0 aliphatic rings. The highest BCUT2D eigenvalue weighted by Crippen LogP contribution is 2.25. The summed E-state index contributed by atoms with van der Waals surface area (Å²) < 4.78 is 9.90. The normalized spacial score (nSPS) is 12.3. The molecule has 610 valence electrons. The molecule has 27 heteroatoms. The molecule has 2 aromatic rings. The molecule has 0 aliphatic heterocycles. The minimum absolute atomic E-state index is 0.0508. The summed E-state index contributed by atoms with van der Waals surface area (Å²) in [5.74, 6) is 0.849. The lowest BCUT2D eigenvalue weighted by atomic mass is 10.2. The van der Waals surface area contributed by atoms with Crippen molar-refractivity contribution in [3.8, 4) is 5.75 Å². The van der Waals surface area contributed by atoms with Crippen molar-refractivity contribution >= 4 is 132 Å². The van der Waals surface area contributed by atoms with E-state index in [1.165, 1.54) is 33.2 Å². The number of aliphatic hydroxyl groups is 1. The fourth-order valence-electron chi connectivity index (χ4n) is 8.49. The largest absolute Gasteiger partial charge is 0.506 e. The van der Waals surface area contributed by atoms with Crippen molar-refractivity contribution in [2.24, 2.45) is 40.1 Å². The Balaban J connectivity index is -0.000000276. The molecule has 0 unspecified atom stereocenters. The fourth-order valence-corrected chi connectivity index (χ4v) is 11.4. The van der Waals surface area contributed by atoms with E-state index in [1.807, 2.05) is 52.8 Å². The number of aliphatic hydroxyl groups excluding tert-OH is 1. The average Bonchev–Trinajstić information content (AvgIpc) is 0.866. The Morgan fingerprint density at radius 2 is 0.748 bits per heavy atom. The van der Waals surface area contributed by atoms with Crippen LogP contribution in [0.15, 0.2) is 88.6 Å². The number of likely N-dealkylation sites (N-methyl/N-ethyl adjacent to an activating group) is 2. The fraction of sp³-hybridized carbons (Fsp3) is 0.650. The number of ether oxygens (including phenoxy) is 2. The number of nitrogen functional groups attached to an aromatic ring is 1. The third-order valence-electron chi connectivity index (χ3n) is 14.3. The number of hydrogen-bond donors (Lipinski definition) is 3. The number of nitrogens with two attached hydrogens (primary N) is 1. The van der Waals surface area contributed by atoms with Crippen molar-refractivity contribution < 1.29 is 62.9 Å². The summed E-state index contributed by atoms with van der Waals surface area (Å²) >= 11 is 0. The minimum atomic E-state index is -1.68. The van der Waals surface area contributed by atoms with Gasteiger partial charge in [0.2, 0.25) is 0 Å². The molecule has 2 rings (SSSR count). The first-order chi connectivity index (χ1) is 49.7. The average molecular weight is 1550 g/mol. The van der Waals surface area contributed by atoms with Gasteiger partial charge in [-0.15, -0.1) is 0 Å². The number of hydrogen-bond acceptors (Lipinski definition) is 24. The lowest BCUT2D eigenvalue weighted by molar-refractivity contribution is -0.116. The van der Waals surface area contributed by atoms with Crippen molar-refractivity contribution in [3.63, 3.8) is 0 Å². The highest BCUT2D eigenvalue weighted by molar-refractivity contribution is 7.09. The summed E-state index contributed by atoms with van der Waals surface area (Å²) in [6.45, 7) is 64.0. The van der Waals surface area contributed by atoms with E-state index in [1.54, 1.807) is 79.0 Å². The first-order valence-electron chi connectivity index (χ1n) is 37.1. The third kappa shape index (κ3) is 75.6. The number of aliphatic imine (C=N–C) groups is 7. The van der Waals surface area contributed by atoms with Crippen LogP contribution in [0.1, 0.15) is 176 Å². The number of methoxy groups -OCH3 is 1. The molecule has 0 atom stereocenters. The summed E-state index contributed by atoms with van der Waals surface area (Å²) in [7, 11) is -1.70. The molecule has 4 N–H and O–H groups in total. The lowest BCUT2D eigenvalue weighted by Crippen LogP contribution is -2.42. The SMILES string of the molecule is CC(=O)CC(C)=NCCO.CC(=O)CC(C)=Nc1ccccc1N.CC(=O)CC(C)=Nc1ccccc1O.CCN(CC)CCN=C(C)CC(=O)[Si](C)(C)C.CCN(CC)CCN=C(CC(=O)[Si](C)(C)C)[Si](C)(C)C.CCOCCN=C(C)CC(C)=O.CO/N=C(\C)CC(C)=O.COCCN=C(C)CC(C)=O. The van der Waals surface area contributed by atoms with Crippen LogP contribution in [-0.2, 0) is 52.7 Å². The Kier molecular flexibility index (Phi) is 69.6. The van der Waals surface area contributed by atoms with Crippen LogP contribution in [0.2, 0.25) is 58.9 Å². The highest BCUT2D eigenvalue weighted by Gasteiger charge is 2.30. The van der Waals surface area contributed by atoms with E-state index < -0.39 is 24.2 Å². The Labute approximate surface area is 649 Å². The highest BCUT2D eigenvalue weighted by atomic mass is 28.3. The van der Waals surface area contributed by atoms with Gasteiger partial charge >= 0.3 is 0 Å². The van der Waals surface area contributed by atoms with Gasteiger partial charge in [0.25, 0.3) is 0 Å². The summed E-state index contributed by atoms with van der Waals surface area (Å²) in [5, 5.41) is 23.4. The van der Waals surface area contributed by atoms with E-state index in [9.17, 15) is 43.5 Å². The monoisotopic (exact) mass is 1550 g/mol. The number of phenolic OH excluding ortho intramolecular Hbond substituents is 1. The second kappa shape index (κ2) is 67.2. The summed E-state index contributed by atoms with van der Waals surface area (Å²) in [5.41, 5.74) is 13.3. The molecule has 2 aromatic carbocycles. The van der Waals surface area contributed by atoms with Crippen LogP contribution in [0.25, 0.3) is 0 Å². The second-order valence-electron chi connectivity index (χ2n) is 28.7. The number of oxime groups is 1. The van der Waals surface area contributed by atoms with Crippen LogP contribution < -0.4 is 5.73 Å². The van der Waals surface area contributed by atoms with Gasteiger partial charge in [0.05, 0.1) is 77.7 Å². The first kappa shape index (κ1) is 111. The molecule has 0 spiro atoms. The zero-order valence-corrected chi connectivity index (χ0v) is 74.8. The van der Waals surface area contributed by atoms with E-state index in [2.05, 4.69) is 136 Å². The van der Waals surface area contributed by atoms with Gasteiger partial charge in [0.1, 0.15) is 80.2 Å². The quantitative estimate of drug-likeness (QED) is 0.0183. The van der Waals surface area contributed by atoms with Crippen molar-refractivity contribution in [1.29, 1.82) is 0 Å². The van der Waals surface area contributed by atoms with E-state index >= 15 is 0 Å². The maximum atomic E-state index is 12.3. The maximum absolute atomic E-state index is 12.3. The number of carbonyl (C=O) groups excluding carboxylic acids is 8. The maximum Gasteiger partial charge on any atom is 0.141 e. The molecule has 0 bridgehead atoms. The predicted octanol–water partition coefficient (Wildman–Crippen LogP) is 14.9. The molecule has 0 fully saturated rings. The number of aromatic hydroxyl groups is 1. The van der Waals surface area contributed by atoms with Gasteiger partial charge in [-0.05, 0) is 147 Å². The number of benzene rings is 2. The lowest BCUT2D eigenvalue weighted by Gasteiger charge is -2.23. The van der Waals surface area contributed by atoms with Crippen molar-refractivity contribution in [3.05, 3.63) is 48.5 Å². The molecular formula is C80H145N11O13Si3. The second-order valence-corrected chi connectivity index (χ2v) is 43.9. The third-order valence-corrected chi connectivity index (χ3v) is 20.1. The predicted molar refractivity (Wildman–Crippen MR) is 461 cm³/mol. The molecule has 107 heavy (non-hydrogen) atoms. The zero-order valence-electron chi connectivity index (χ0n) is 71.8. The number of carbonyl (C=O) groups is 8. The molecule has 0 aromatic heterocycles. The minimum Gasteiger partial charge on any atom is -0.506 e. The smallest absolute Gasteiger partial charge is 0.141 e. The van der Waals surface area contributed by atoms with E-state index in [4.69, 9.17) is 25.3 Å². The number of para-hydroxylation sites is 4. The van der Waals surface area contributed by atoms with Crippen LogP contribution in [0, 0.1) is 0 Å². The van der Waals surface area contributed by atoms with Gasteiger partial charge in [-0.3, -0.25) is 63.7 Å². The number of anilines is 1. The van der Waals surface area contributed by atoms with Crippen LogP contribution in [0.4, 0.5) is 17.1 Å². The molecule has 0 amide bonds. The number of rotatable bonds is 41. The van der Waals surface area contributed by atoms with Gasteiger partial charge in [-0.25, -0.2) is 0 Å². The zero-order chi connectivity index (χ0) is 83.9. The van der Waals surface area contributed by atoms with Gasteiger partial charge in [-0.2, -0.15) is 0 Å². The Morgan fingerprint density at radius 1 is 0.411 bits per heavy atom. The van der Waals surface area contributed by atoms with Crippen molar-refractivity contribution in [1.82, 2.24) is 9.80 Å². The van der Waals surface area contributed by atoms with E-state index in [-0.39, 0.29) is 47.1 Å². The summed E-state index contributed by atoms with van der Waals surface area (Å²) in [4.78, 5) is 127. The molecule has 0 radical (unpaired) electrons. The van der Waals surface area contributed by atoms with Gasteiger partial charge < -0.3 is 49.6 Å². The first-order valence-corrected chi connectivity index (χ1v) is 47.6. The Bertz CT molecular complexity index is 3060. The number of Topliss-reactive ketones (excluding diaryl/α,β-unsaturated/α-hetero) is 6. The summed E-state index contributed by atoms with van der Waals surface area (Å²) in [6.07, 6.45) is 3.57. The molecule has 0 saturated heterocycles. The van der Waals surface area contributed by atoms with Gasteiger partial charge in [-0.1, -0.05) is 116 Å². The van der Waals surface area contributed by atoms with Gasteiger partial charge in [0, 0.05) is 118 Å². The van der Waals surface area contributed by atoms with E-state index in [0.29, 0.717) is 118 Å². The molecule has 0 aliphatic carbocycles. The molecule has 0 saturated carbocycles. The Hall–Kier alpha value is -6.99. The van der Waals surface area contributed by atoms with Crippen LogP contribution in [0.5, 0.6) is 5.75 Å². The summed E-state index contributed by atoms with van der Waals surface area (Å²) in [6, 6.07) is 14.1. The topological polar surface area (TPSA) is 336 Å². The Morgan fingerprint density at radius 3 is 1.10 bits per heavy atom. The molecular weight excluding hydrogens is 1410 g/mol.